The summed E-state index contributed by atoms with van der Waals surface area (Å²) in [5.74, 6) is -0.0379. The van der Waals surface area contributed by atoms with Crippen molar-refractivity contribution >= 4 is 5.91 Å². The van der Waals surface area contributed by atoms with Crippen LogP contribution in [0.15, 0.2) is 6.07 Å². The molecular weight excluding hydrogens is 268 g/mol. The third kappa shape index (κ3) is 3.83. The minimum Gasteiger partial charge on any atom is -0.373 e. The standard InChI is InChI=1S/C15H26N4O2/c1-10-7-11(2)19(17-10)9-14-8-18(5-6-21-14)15(20)12(3)13(4)16/h7,12-14H,5-6,8-9,16H2,1-4H3. The Hall–Kier alpha value is -1.40. The summed E-state index contributed by atoms with van der Waals surface area (Å²) in [5, 5.41) is 4.45. The molecule has 1 saturated heterocycles. The van der Waals surface area contributed by atoms with E-state index in [1.807, 2.05) is 43.3 Å². The Morgan fingerprint density at radius 1 is 1.52 bits per heavy atom. The van der Waals surface area contributed by atoms with E-state index in [1.54, 1.807) is 0 Å². The molecule has 2 heterocycles. The van der Waals surface area contributed by atoms with Gasteiger partial charge in [-0.15, -0.1) is 0 Å². The molecule has 21 heavy (non-hydrogen) atoms. The zero-order valence-electron chi connectivity index (χ0n) is 13.4. The average molecular weight is 294 g/mol. The van der Waals surface area contributed by atoms with Gasteiger partial charge in [0, 0.05) is 24.8 Å². The molecule has 3 unspecified atom stereocenters. The number of aryl methyl sites for hydroxylation is 2. The molecule has 0 bridgehead atoms. The van der Waals surface area contributed by atoms with E-state index in [0.29, 0.717) is 26.2 Å². The lowest BCUT2D eigenvalue weighted by Gasteiger charge is -2.35. The van der Waals surface area contributed by atoms with Crippen LogP contribution in [0.5, 0.6) is 0 Å². The number of carbonyl (C=O) groups is 1. The first-order valence-electron chi connectivity index (χ1n) is 7.55. The summed E-state index contributed by atoms with van der Waals surface area (Å²) in [7, 11) is 0. The van der Waals surface area contributed by atoms with Crippen molar-refractivity contribution in [3.05, 3.63) is 17.5 Å². The van der Waals surface area contributed by atoms with Crippen LogP contribution < -0.4 is 5.73 Å². The predicted molar refractivity (Wildman–Crippen MR) is 80.8 cm³/mol. The molecule has 6 nitrogen and oxygen atoms in total. The maximum atomic E-state index is 12.4. The number of hydrogen-bond donors (Lipinski definition) is 1. The molecule has 1 aromatic rings. The first-order valence-corrected chi connectivity index (χ1v) is 7.55. The van der Waals surface area contributed by atoms with Gasteiger partial charge in [-0.05, 0) is 26.8 Å². The Bertz CT molecular complexity index is 498. The second-order valence-electron chi connectivity index (χ2n) is 6.03. The lowest BCUT2D eigenvalue weighted by atomic mass is 10.0. The Labute approximate surface area is 126 Å². The molecule has 1 fully saturated rings. The molecule has 3 atom stereocenters. The molecule has 118 valence electrons. The number of rotatable bonds is 4. The summed E-state index contributed by atoms with van der Waals surface area (Å²) < 4.78 is 7.73. The zero-order valence-corrected chi connectivity index (χ0v) is 13.4. The van der Waals surface area contributed by atoms with Gasteiger partial charge in [-0.2, -0.15) is 5.10 Å². The highest BCUT2D eigenvalue weighted by Crippen LogP contribution is 2.14. The molecule has 2 rings (SSSR count). The monoisotopic (exact) mass is 294 g/mol. The van der Waals surface area contributed by atoms with E-state index in [-0.39, 0.29) is 24.0 Å². The minimum atomic E-state index is -0.155. The zero-order chi connectivity index (χ0) is 15.6. The summed E-state index contributed by atoms with van der Waals surface area (Å²) >= 11 is 0. The van der Waals surface area contributed by atoms with Gasteiger partial charge < -0.3 is 15.4 Å². The summed E-state index contributed by atoms with van der Waals surface area (Å²) in [4.78, 5) is 14.2. The third-order valence-corrected chi connectivity index (χ3v) is 4.11. The fourth-order valence-corrected chi connectivity index (χ4v) is 2.60. The Kier molecular flexibility index (Phi) is 5.00. The van der Waals surface area contributed by atoms with Crippen molar-refractivity contribution in [3.8, 4) is 0 Å². The van der Waals surface area contributed by atoms with E-state index >= 15 is 0 Å². The minimum absolute atomic E-state index is 0.0130. The van der Waals surface area contributed by atoms with Gasteiger partial charge >= 0.3 is 0 Å². The highest BCUT2D eigenvalue weighted by Gasteiger charge is 2.29. The van der Waals surface area contributed by atoms with Crippen molar-refractivity contribution in [1.29, 1.82) is 0 Å². The van der Waals surface area contributed by atoms with Crippen molar-refractivity contribution in [3.63, 3.8) is 0 Å². The first kappa shape index (κ1) is 16.0. The van der Waals surface area contributed by atoms with Crippen molar-refractivity contribution < 1.29 is 9.53 Å². The Morgan fingerprint density at radius 2 is 2.24 bits per heavy atom. The van der Waals surface area contributed by atoms with Crippen LogP contribution in [-0.2, 0) is 16.1 Å². The van der Waals surface area contributed by atoms with Crippen LogP contribution in [-0.4, -0.2) is 52.4 Å². The molecule has 1 aromatic heterocycles. The number of nitrogens with two attached hydrogens (primary N) is 1. The highest BCUT2D eigenvalue weighted by atomic mass is 16.5. The molecule has 0 spiro atoms. The smallest absolute Gasteiger partial charge is 0.227 e. The Balaban J connectivity index is 1.97. The topological polar surface area (TPSA) is 73.4 Å². The molecule has 0 aromatic carbocycles. The van der Waals surface area contributed by atoms with E-state index < -0.39 is 0 Å². The van der Waals surface area contributed by atoms with Gasteiger partial charge in [-0.1, -0.05) is 6.92 Å². The fraction of sp³-hybridized carbons (Fsp3) is 0.733. The van der Waals surface area contributed by atoms with Crippen LogP contribution in [0.2, 0.25) is 0 Å². The average Bonchev–Trinajstić information content (AvgIpc) is 2.75. The van der Waals surface area contributed by atoms with E-state index in [2.05, 4.69) is 5.10 Å². The van der Waals surface area contributed by atoms with Crippen LogP contribution in [0.3, 0.4) is 0 Å². The number of nitrogens with zero attached hydrogens (tertiary/aromatic N) is 3. The quantitative estimate of drug-likeness (QED) is 0.887. The molecule has 0 radical (unpaired) electrons. The van der Waals surface area contributed by atoms with Crippen LogP contribution >= 0.6 is 0 Å². The van der Waals surface area contributed by atoms with E-state index in [0.717, 1.165) is 11.4 Å². The van der Waals surface area contributed by atoms with Crippen molar-refractivity contribution in [1.82, 2.24) is 14.7 Å². The summed E-state index contributed by atoms with van der Waals surface area (Å²) in [6, 6.07) is 1.92. The second-order valence-corrected chi connectivity index (χ2v) is 6.03. The molecule has 1 aliphatic heterocycles. The highest BCUT2D eigenvalue weighted by molar-refractivity contribution is 5.79. The first-order chi connectivity index (χ1) is 9.88. The van der Waals surface area contributed by atoms with Gasteiger partial charge in [0.05, 0.1) is 30.9 Å². The lowest BCUT2D eigenvalue weighted by molar-refractivity contribution is -0.143. The van der Waals surface area contributed by atoms with Crippen LogP contribution in [0, 0.1) is 19.8 Å². The molecule has 1 aliphatic rings. The SMILES string of the molecule is Cc1cc(C)n(CC2CN(C(=O)C(C)C(C)N)CCO2)n1. The van der Waals surface area contributed by atoms with Gasteiger partial charge in [0.15, 0.2) is 0 Å². The largest absolute Gasteiger partial charge is 0.373 e. The molecule has 1 amide bonds. The Morgan fingerprint density at radius 3 is 2.81 bits per heavy atom. The predicted octanol–water partition coefficient (Wildman–Crippen LogP) is 0.711. The number of morpholine rings is 1. The van der Waals surface area contributed by atoms with Crippen molar-refractivity contribution in [2.24, 2.45) is 11.7 Å². The summed E-state index contributed by atoms with van der Waals surface area (Å²) in [6.45, 7) is 10.3. The van der Waals surface area contributed by atoms with Gasteiger partial charge in [-0.3, -0.25) is 9.48 Å². The number of amides is 1. The van der Waals surface area contributed by atoms with Gasteiger partial charge in [0.2, 0.25) is 5.91 Å². The van der Waals surface area contributed by atoms with Gasteiger partial charge in [0.25, 0.3) is 0 Å². The van der Waals surface area contributed by atoms with Crippen LogP contribution in [0.25, 0.3) is 0 Å². The normalized spacial score (nSPS) is 22.1. The molecule has 6 heteroatoms. The lowest BCUT2D eigenvalue weighted by Crippen LogP contribution is -2.50. The number of carbonyl (C=O) groups excluding carboxylic acids is 1. The van der Waals surface area contributed by atoms with Crippen LogP contribution in [0.1, 0.15) is 25.2 Å². The second kappa shape index (κ2) is 6.58. The van der Waals surface area contributed by atoms with Gasteiger partial charge in [-0.25, -0.2) is 0 Å². The third-order valence-electron chi connectivity index (χ3n) is 4.11. The van der Waals surface area contributed by atoms with Crippen molar-refractivity contribution in [2.75, 3.05) is 19.7 Å². The number of aromatic nitrogens is 2. The number of hydrogen-bond acceptors (Lipinski definition) is 4. The van der Waals surface area contributed by atoms with Crippen LogP contribution in [0.4, 0.5) is 0 Å². The van der Waals surface area contributed by atoms with E-state index in [1.165, 1.54) is 0 Å². The molecule has 2 N–H and O–H groups in total. The molecular formula is C15H26N4O2. The van der Waals surface area contributed by atoms with E-state index in [9.17, 15) is 4.79 Å². The maximum Gasteiger partial charge on any atom is 0.227 e. The molecule has 0 aliphatic carbocycles. The van der Waals surface area contributed by atoms with Crippen molar-refractivity contribution in [2.45, 2.75) is 46.4 Å². The summed E-state index contributed by atoms with van der Waals surface area (Å²) in [6.07, 6.45) is -0.0130. The van der Waals surface area contributed by atoms with Gasteiger partial charge in [0.1, 0.15) is 0 Å². The fourth-order valence-electron chi connectivity index (χ4n) is 2.60. The number of ether oxygens (including phenoxy) is 1. The maximum absolute atomic E-state index is 12.4. The van der Waals surface area contributed by atoms with E-state index in [4.69, 9.17) is 10.5 Å². The summed E-state index contributed by atoms with van der Waals surface area (Å²) in [5.41, 5.74) is 7.95. The molecule has 0 saturated carbocycles.